The van der Waals surface area contributed by atoms with Crippen LogP contribution in [0.5, 0.6) is 17.2 Å². The highest BCUT2D eigenvalue weighted by Gasteiger charge is 2.20. The zero-order valence-corrected chi connectivity index (χ0v) is 22.6. The van der Waals surface area contributed by atoms with Crippen molar-refractivity contribution in [3.8, 4) is 17.2 Å². The third kappa shape index (κ3) is 9.80. The van der Waals surface area contributed by atoms with E-state index in [1.165, 1.54) is 11.1 Å². The maximum Gasteiger partial charge on any atom is 0.383 e. The molecule has 5 heteroatoms. The fourth-order valence-electron chi connectivity index (χ4n) is 3.53. The van der Waals surface area contributed by atoms with E-state index in [0.717, 1.165) is 32.1 Å². The van der Waals surface area contributed by atoms with E-state index in [4.69, 9.17) is 18.6 Å². The Morgan fingerprint density at radius 3 is 2.14 bits per heavy atom. The molecular formula is C31H42O5. The Bertz CT molecular complexity index is 1110. The molecule has 0 aliphatic carbocycles. The molecular weight excluding hydrogens is 452 g/mol. The molecule has 1 aromatic heterocycles. The molecule has 2 aromatic rings. The Balaban J connectivity index is 2.28. The van der Waals surface area contributed by atoms with Crippen molar-refractivity contribution in [1.82, 2.24) is 0 Å². The van der Waals surface area contributed by atoms with Crippen LogP contribution in [-0.2, 0) is 0 Å². The first-order chi connectivity index (χ1) is 17.5. The van der Waals surface area contributed by atoms with Crippen LogP contribution in [0.3, 0.4) is 0 Å². The summed E-state index contributed by atoms with van der Waals surface area (Å²) < 4.78 is 23.6. The topological polar surface area (TPSA) is 57.9 Å². The quantitative estimate of drug-likeness (QED) is 0.133. The summed E-state index contributed by atoms with van der Waals surface area (Å²) in [7, 11) is 0. The number of hydrogen-bond donors (Lipinski definition) is 0. The van der Waals surface area contributed by atoms with Gasteiger partial charge in [-0.2, -0.15) is 0 Å². The van der Waals surface area contributed by atoms with Gasteiger partial charge < -0.3 is 18.6 Å². The monoisotopic (exact) mass is 494 g/mol. The lowest BCUT2D eigenvalue weighted by Crippen LogP contribution is -2.12. The normalized spacial score (nSPS) is 12.0. The molecule has 0 atom stereocenters. The second-order valence-electron chi connectivity index (χ2n) is 8.90. The third-order valence-corrected chi connectivity index (χ3v) is 5.44. The number of allylic oxidation sites excluding steroid dienone is 5. The molecule has 0 aliphatic heterocycles. The van der Waals surface area contributed by atoms with E-state index in [-0.39, 0.29) is 5.75 Å². The smallest absolute Gasteiger partial charge is 0.383 e. The fourth-order valence-corrected chi connectivity index (χ4v) is 3.53. The van der Waals surface area contributed by atoms with Gasteiger partial charge in [-0.15, -0.1) is 0 Å². The van der Waals surface area contributed by atoms with Gasteiger partial charge in [-0.3, -0.25) is 0 Å². The van der Waals surface area contributed by atoms with Gasteiger partial charge >= 0.3 is 5.63 Å². The first-order valence-electron chi connectivity index (χ1n) is 13.0. The molecule has 5 nitrogen and oxygen atoms in total. The Morgan fingerprint density at radius 1 is 0.833 bits per heavy atom. The number of benzene rings is 1. The van der Waals surface area contributed by atoms with Crippen LogP contribution >= 0.6 is 0 Å². The van der Waals surface area contributed by atoms with Crippen molar-refractivity contribution in [3.63, 3.8) is 0 Å². The number of ether oxygens (including phenoxy) is 3. The maximum absolute atomic E-state index is 12.9. The largest absolute Gasteiger partial charge is 0.488 e. The number of para-hydroxylation sites is 1. The summed E-state index contributed by atoms with van der Waals surface area (Å²) in [5.74, 6) is 1.02. The Kier molecular flexibility index (Phi) is 13.3. The zero-order chi connectivity index (χ0) is 26.2. The molecule has 1 aromatic carbocycles. The average molecular weight is 495 g/mol. The van der Waals surface area contributed by atoms with E-state index >= 15 is 0 Å². The minimum Gasteiger partial charge on any atom is -0.488 e. The van der Waals surface area contributed by atoms with E-state index in [1.807, 2.05) is 24.3 Å². The van der Waals surface area contributed by atoms with Gasteiger partial charge in [0, 0.05) is 0 Å². The van der Waals surface area contributed by atoms with Crippen LogP contribution in [0.15, 0.2) is 75.0 Å². The summed E-state index contributed by atoms with van der Waals surface area (Å²) in [6.07, 6.45) is 18.0. The first-order valence-corrected chi connectivity index (χ1v) is 13.0. The van der Waals surface area contributed by atoms with Crippen LogP contribution in [0.4, 0.5) is 0 Å². The van der Waals surface area contributed by atoms with Gasteiger partial charge in [-0.05, 0) is 77.5 Å². The van der Waals surface area contributed by atoms with Crippen LogP contribution < -0.4 is 19.8 Å². The van der Waals surface area contributed by atoms with E-state index in [0.29, 0.717) is 48.7 Å². The Hall–Kier alpha value is -3.21. The predicted octanol–water partition coefficient (Wildman–Crippen LogP) is 8.33. The number of hydrogen-bond acceptors (Lipinski definition) is 5. The van der Waals surface area contributed by atoms with Gasteiger partial charge in [-0.1, -0.05) is 61.4 Å². The van der Waals surface area contributed by atoms with Gasteiger partial charge in [0.25, 0.3) is 0 Å². The molecule has 1 heterocycles. The fraction of sp³-hybridized carbons (Fsp3) is 0.452. The molecule has 36 heavy (non-hydrogen) atoms. The molecule has 0 fully saturated rings. The Morgan fingerprint density at radius 2 is 1.50 bits per heavy atom. The molecule has 0 amide bonds. The van der Waals surface area contributed by atoms with Crippen molar-refractivity contribution in [1.29, 1.82) is 0 Å². The highest BCUT2D eigenvalue weighted by atomic mass is 16.5. The standard InChI is InChI=1S/C31H42O5/c1-6-8-10-12-21-34-29-26-18-15-19-27(33-23-20-25(5)17-14-16-24(3)4)28(26)36-31(32)30(29)35-22-13-11-9-7-2/h8-11,15-16,18-20H,6-7,12-14,17,21-23H2,1-5H3/b10-8?,11-9?,25-20+. The summed E-state index contributed by atoms with van der Waals surface area (Å²) in [6.45, 7) is 11.7. The van der Waals surface area contributed by atoms with Gasteiger partial charge in [0.1, 0.15) is 6.61 Å². The summed E-state index contributed by atoms with van der Waals surface area (Å²) in [4.78, 5) is 12.9. The molecule has 0 saturated carbocycles. The van der Waals surface area contributed by atoms with Crippen molar-refractivity contribution >= 4 is 11.0 Å². The predicted molar refractivity (Wildman–Crippen MR) is 149 cm³/mol. The molecule has 0 aliphatic rings. The summed E-state index contributed by atoms with van der Waals surface area (Å²) in [6, 6.07) is 5.55. The van der Waals surface area contributed by atoms with Gasteiger partial charge in [0.2, 0.25) is 5.75 Å². The van der Waals surface area contributed by atoms with E-state index < -0.39 is 5.63 Å². The molecule has 0 radical (unpaired) electrons. The van der Waals surface area contributed by atoms with Crippen LogP contribution in [-0.4, -0.2) is 19.8 Å². The molecule has 196 valence electrons. The Labute approximate surface area is 216 Å². The summed E-state index contributed by atoms with van der Waals surface area (Å²) in [5, 5.41) is 0.662. The van der Waals surface area contributed by atoms with Crippen molar-refractivity contribution in [2.75, 3.05) is 19.8 Å². The lowest BCUT2D eigenvalue weighted by molar-refractivity contribution is 0.264. The molecule has 0 unspecified atom stereocenters. The average Bonchev–Trinajstić information content (AvgIpc) is 2.85. The minimum atomic E-state index is -0.564. The van der Waals surface area contributed by atoms with Crippen molar-refractivity contribution in [3.05, 3.63) is 76.2 Å². The molecule has 0 bridgehead atoms. The maximum atomic E-state index is 12.9. The number of rotatable bonds is 16. The highest BCUT2D eigenvalue weighted by molar-refractivity contribution is 5.89. The lowest BCUT2D eigenvalue weighted by atomic mass is 10.1. The molecule has 0 saturated heterocycles. The molecule has 0 N–H and O–H groups in total. The van der Waals surface area contributed by atoms with E-state index in [1.54, 1.807) is 0 Å². The van der Waals surface area contributed by atoms with Crippen LogP contribution in [0.25, 0.3) is 11.0 Å². The second-order valence-corrected chi connectivity index (χ2v) is 8.90. The van der Waals surface area contributed by atoms with Crippen LogP contribution in [0.1, 0.15) is 73.1 Å². The highest BCUT2D eigenvalue weighted by Crippen LogP contribution is 2.37. The SMILES string of the molecule is CCC=CCCOc1c(OCCC=CCC)c2cccc(OC/C=C(\C)CCC=C(C)C)c2oc1=O. The van der Waals surface area contributed by atoms with Crippen molar-refractivity contribution in [2.45, 2.75) is 73.1 Å². The third-order valence-electron chi connectivity index (χ3n) is 5.44. The minimum absolute atomic E-state index is 0.110. The lowest BCUT2D eigenvalue weighted by Gasteiger charge is -2.14. The first kappa shape index (κ1) is 29.0. The van der Waals surface area contributed by atoms with E-state index in [9.17, 15) is 4.79 Å². The second kappa shape index (κ2) is 16.5. The van der Waals surface area contributed by atoms with Gasteiger partial charge in [0.15, 0.2) is 17.1 Å². The van der Waals surface area contributed by atoms with Crippen molar-refractivity contribution < 1.29 is 18.6 Å². The zero-order valence-electron chi connectivity index (χ0n) is 22.6. The number of fused-ring (bicyclic) bond motifs is 1. The molecule has 2 rings (SSSR count). The summed E-state index contributed by atoms with van der Waals surface area (Å²) in [5.41, 5.74) is 2.39. The van der Waals surface area contributed by atoms with Gasteiger partial charge in [0.05, 0.1) is 18.6 Å². The van der Waals surface area contributed by atoms with Gasteiger partial charge in [-0.25, -0.2) is 4.79 Å². The van der Waals surface area contributed by atoms with Crippen LogP contribution in [0.2, 0.25) is 0 Å². The summed E-state index contributed by atoms with van der Waals surface area (Å²) >= 11 is 0. The molecule has 0 spiro atoms. The van der Waals surface area contributed by atoms with E-state index in [2.05, 4.69) is 65.0 Å². The van der Waals surface area contributed by atoms with Crippen LogP contribution in [0, 0.1) is 0 Å². The van der Waals surface area contributed by atoms with Crippen molar-refractivity contribution in [2.24, 2.45) is 0 Å².